The maximum Gasteiger partial charge on any atom is 0.427 e. The van der Waals surface area contributed by atoms with Gasteiger partial charge in [-0.15, -0.1) is 0 Å². The fraction of sp³-hybridized carbons (Fsp3) is 0.571. The Morgan fingerprint density at radius 3 is 2.38 bits per heavy atom. The van der Waals surface area contributed by atoms with E-state index in [4.69, 9.17) is 11.6 Å². The highest BCUT2D eigenvalue weighted by molar-refractivity contribution is 6.32. The minimum atomic E-state index is -4.61. The normalized spacial score (nSPS) is 22.5. The van der Waals surface area contributed by atoms with E-state index in [1.165, 1.54) is 11.9 Å². The van der Waals surface area contributed by atoms with Crippen LogP contribution in [-0.4, -0.2) is 30.6 Å². The number of rotatable bonds is 0. The number of likely N-dealkylation sites (N-methyl/N-ethyl adjacent to an activating group) is 1. The van der Waals surface area contributed by atoms with Crippen LogP contribution in [0.3, 0.4) is 0 Å². The van der Waals surface area contributed by atoms with Gasteiger partial charge in [-0.25, -0.2) is 0 Å². The monoisotopic (exact) mass is 213 g/mol. The molecule has 0 aliphatic carbocycles. The molecule has 1 aliphatic rings. The van der Waals surface area contributed by atoms with Gasteiger partial charge in [0, 0.05) is 19.2 Å². The van der Waals surface area contributed by atoms with E-state index in [2.05, 4.69) is 0 Å². The first-order chi connectivity index (χ1) is 5.84. The highest BCUT2D eigenvalue weighted by atomic mass is 35.5. The predicted octanol–water partition coefficient (Wildman–Crippen LogP) is 1.90. The summed E-state index contributed by atoms with van der Waals surface area (Å²) in [5.41, 5.74) is -0.336. The molecular formula is C7H7ClF3NO. The maximum absolute atomic E-state index is 12.0. The van der Waals surface area contributed by atoms with E-state index in [9.17, 15) is 18.0 Å². The first kappa shape index (κ1) is 10.4. The molecule has 0 bridgehead atoms. The van der Waals surface area contributed by atoms with Gasteiger partial charge in [-0.05, 0) is 6.42 Å². The standard InChI is InChI=1S/C7H7ClF3NO/c1-12-3-2-4(6(12)13)5(8)7(9,10)11/h2-3H2,1H3/b5-4-. The molecule has 6 heteroatoms. The maximum atomic E-state index is 12.0. The van der Waals surface area contributed by atoms with Crippen LogP contribution in [0.25, 0.3) is 0 Å². The van der Waals surface area contributed by atoms with Crippen molar-refractivity contribution < 1.29 is 18.0 Å². The van der Waals surface area contributed by atoms with Crippen molar-refractivity contribution in [1.29, 1.82) is 0 Å². The molecule has 1 fully saturated rings. The highest BCUT2D eigenvalue weighted by Gasteiger charge is 2.39. The van der Waals surface area contributed by atoms with E-state index in [1.807, 2.05) is 0 Å². The van der Waals surface area contributed by atoms with Gasteiger partial charge in [-0.3, -0.25) is 4.79 Å². The fourth-order valence-electron chi connectivity index (χ4n) is 1.09. The van der Waals surface area contributed by atoms with Crippen LogP contribution < -0.4 is 0 Å². The van der Waals surface area contributed by atoms with Gasteiger partial charge < -0.3 is 4.90 Å². The molecule has 0 aromatic carbocycles. The summed E-state index contributed by atoms with van der Waals surface area (Å²) in [6, 6.07) is 0. The Kier molecular flexibility index (Phi) is 2.56. The summed E-state index contributed by atoms with van der Waals surface area (Å²) in [5, 5.41) is -1.29. The number of allylic oxidation sites excluding steroid dienone is 1. The largest absolute Gasteiger partial charge is 0.427 e. The molecule has 0 saturated carbocycles. The van der Waals surface area contributed by atoms with Crippen molar-refractivity contribution in [2.75, 3.05) is 13.6 Å². The number of nitrogens with zero attached hydrogens (tertiary/aromatic N) is 1. The summed E-state index contributed by atoms with van der Waals surface area (Å²) in [4.78, 5) is 12.3. The van der Waals surface area contributed by atoms with Crippen molar-refractivity contribution in [1.82, 2.24) is 4.90 Å². The molecule has 2 nitrogen and oxygen atoms in total. The van der Waals surface area contributed by atoms with Gasteiger partial charge in [0.2, 0.25) is 0 Å². The van der Waals surface area contributed by atoms with Crippen LogP contribution in [0.4, 0.5) is 13.2 Å². The third-order valence-electron chi connectivity index (χ3n) is 1.82. The van der Waals surface area contributed by atoms with Gasteiger partial charge in [0.05, 0.1) is 0 Å². The summed E-state index contributed by atoms with van der Waals surface area (Å²) < 4.78 is 36.1. The Hall–Kier alpha value is -0.710. The second kappa shape index (κ2) is 3.21. The molecule has 0 aromatic rings. The van der Waals surface area contributed by atoms with Gasteiger partial charge in [-0.2, -0.15) is 13.2 Å². The lowest BCUT2D eigenvalue weighted by Crippen LogP contribution is -2.21. The molecule has 0 radical (unpaired) electrons. The van der Waals surface area contributed by atoms with Crippen molar-refractivity contribution in [2.24, 2.45) is 0 Å². The van der Waals surface area contributed by atoms with Crippen LogP contribution in [0.15, 0.2) is 10.6 Å². The summed E-state index contributed by atoms with van der Waals surface area (Å²) in [6.45, 7) is 0.292. The van der Waals surface area contributed by atoms with Crippen LogP contribution in [0, 0.1) is 0 Å². The molecule has 0 aromatic heterocycles. The van der Waals surface area contributed by atoms with E-state index >= 15 is 0 Å². The number of amides is 1. The quantitative estimate of drug-likeness (QED) is 0.563. The number of carbonyl (C=O) groups excluding carboxylic acids is 1. The molecule has 74 valence electrons. The molecule has 1 amide bonds. The van der Waals surface area contributed by atoms with Gasteiger partial charge in [0.1, 0.15) is 5.03 Å². The number of carbonyl (C=O) groups is 1. The van der Waals surface area contributed by atoms with E-state index in [1.54, 1.807) is 0 Å². The molecular weight excluding hydrogens is 207 g/mol. The number of hydrogen-bond donors (Lipinski definition) is 0. The Morgan fingerprint density at radius 1 is 1.54 bits per heavy atom. The average Bonchev–Trinajstić information content (AvgIpc) is 2.30. The average molecular weight is 214 g/mol. The fourth-order valence-corrected chi connectivity index (χ4v) is 1.27. The third-order valence-corrected chi connectivity index (χ3v) is 2.26. The highest BCUT2D eigenvalue weighted by Crippen LogP contribution is 2.34. The molecule has 1 aliphatic heterocycles. The van der Waals surface area contributed by atoms with Gasteiger partial charge in [0.15, 0.2) is 0 Å². The smallest absolute Gasteiger partial charge is 0.342 e. The van der Waals surface area contributed by atoms with Crippen molar-refractivity contribution in [2.45, 2.75) is 12.6 Å². The molecule has 0 atom stereocenters. The first-order valence-electron chi connectivity index (χ1n) is 3.55. The predicted molar refractivity (Wildman–Crippen MR) is 41.2 cm³/mol. The van der Waals surface area contributed by atoms with Crippen molar-refractivity contribution in [3.05, 3.63) is 10.6 Å². The Labute approximate surface area is 78.0 Å². The lowest BCUT2D eigenvalue weighted by atomic mass is 10.2. The topological polar surface area (TPSA) is 20.3 Å². The molecule has 0 unspecified atom stereocenters. The minimum Gasteiger partial charge on any atom is -0.342 e. The molecule has 1 heterocycles. The zero-order valence-electron chi connectivity index (χ0n) is 6.78. The van der Waals surface area contributed by atoms with E-state index in [0.717, 1.165) is 0 Å². The number of hydrogen-bond acceptors (Lipinski definition) is 1. The Balaban J connectivity index is 3.00. The second-order valence-corrected chi connectivity index (χ2v) is 3.14. The lowest BCUT2D eigenvalue weighted by molar-refractivity contribution is -0.124. The summed E-state index contributed by atoms with van der Waals surface area (Å²) >= 11 is 5.03. The first-order valence-corrected chi connectivity index (χ1v) is 3.93. The van der Waals surface area contributed by atoms with Crippen molar-refractivity contribution in [3.8, 4) is 0 Å². The van der Waals surface area contributed by atoms with Crippen LogP contribution in [0.2, 0.25) is 0 Å². The van der Waals surface area contributed by atoms with Crippen LogP contribution in [0.1, 0.15) is 6.42 Å². The molecule has 1 saturated heterocycles. The molecule has 13 heavy (non-hydrogen) atoms. The molecule has 0 N–H and O–H groups in total. The number of alkyl halides is 3. The van der Waals surface area contributed by atoms with Gasteiger partial charge in [-0.1, -0.05) is 11.6 Å². The second-order valence-electron chi connectivity index (χ2n) is 2.77. The summed E-state index contributed by atoms with van der Waals surface area (Å²) in [6.07, 6.45) is -4.55. The van der Waals surface area contributed by atoms with Crippen molar-refractivity contribution in [3.63, 3.8) is 0 Å². The number of halogens is 4. The number of likely N-dealkylation sites (tertiary alicyclic amines) is 1. The molecule has 1 rings (SSSR count). The Morgan fingerprint density at radius 2 is 2.08 bits per heavy atom. The van der Waals surface area contributed by atoms with Gasteiger partial charge in [0.25, 0.3) is 5.91 Å². The van der Waals surface area contributed by atoms with Crippen molar-refractivity contribution >= 4 is 17.5 Å². The van der Waals surface area contributed by atoms with E-state index in [-0.39, 0.29) is 12.0 Å². The van der Waals surface area contributed by atoms with Crippen LogP contribution in [0.5, 0.6) is 0 Å². The minimum absolute atomic E-state index is 0.0632. The zero-order chi connectivity index (χ0) is 10.2. The Bertz CT molecular complexity index is 271. The van der Waals surface area contributed by atoms with Crippen LogP contribution in [-0.2, 0) is 4.79 Å². The lowest BCUT2D eigenvalue weighted by Gasteiger charge is -2.08. The molecule has 0 spiro atoms. The zero-order valence-corrected chi connectivity index (χ0v) is 7.54. The SMILES string of the molecule is CN1CC/C(=C(/Cl)C(F)(F)F)C1=O. The summed E-state index contributed by atoms with van der Waals surface area (Å²) in [5.74, 6) is -0.637. The van der Waals surface area contributed by atoms with Crippen LogP contribution >= 0.6 is 11.6 Å². The van der Waals surface area contributed by atoms with E-state index < -0.39 is 17.1 Å². The summed E-state index contributed by atoms with van der Waals surface area (Å²) in [7, 11) is 1.44. The van der Waals surface area contributed by atoms with Gasteiger partial charge >= 0.3 is 6.18 Å². The van der Waals surface area contributed by atoms with E-state index in [0.29, 0.717) is 6.54 Å². The third kappa shape index (κ3) is 1.96.